The molecule has 0 aliphatic rings. The van der Waals surface area contributed by atoms with E-state index in [0.717, 1.165) is 17.9 Å². The largest absolute Gasteiger partial charge is 0.375 e. The standard InChI is InChI=1S/C15H26N2O/c1-3-5-6-13(4-2)11-18-12-15-8-7-14(9-16)10-17-15/h7-8,10,13H,3-6,9,11-12,16H2,1-2H3. The molecule has 0 aliphatic heterocycles. The average molecular weight is 250 g/mol. The van der Waals surface area contributed by atoms with Gasteiger partial charge in [-0.15, -0.1) is 0 Å². The smallest absolute Gasteiger partial charge is 0.0887 e. The van der Waals surface area contributed by atoms with Crippen molar-refractivity contribution in [2.45, 2.75) is 52.7 Å². The number of hydrogen-bond donors (Lipinski definition) is 1. The van der Waals surface area contributed by atoms with Gasteiger partial charge in [0.1, 0.15) is 0 Å². The van der Waals surface area contributed by atoms with E-state index in [4.69, 9.17) is 10.5 Å². The van der Waals surface area contributed by atoms with Gasteiger partial charge in [0.15, 0.2) is 0 Å². The summed E-state index contributed by atoms with van der Waals surface area (Å²) in [6.45, 7) is 6.46. The first-order chi connectivity index (χ1) is 8.80. The molecule has 3 nitrogen and oxygen atoms in total. The molecule has 102 valence electrons. The van der Waals surface area contributed by atoms with Gasteiger partial charge in [0, 0.05) is 19.3 Å². The Kier molecular flexibility index (Phi) is 7.62. The molecular formula is C15H26N2O. The fourth-order valence-corrected chi connectivity index (χ4v) is 1.89. The predicted molar refractivity (Wildman–Crippen MR) is 75.1 cm³/mol. The van der Waals surface area contributed by atoms with Crippen LogP contribution in [0.4, 0.5) is 0 Å². The Morgan fingerprint density at radius 2 is 2.17 bits per heavy atom. The van der Waals surface area contributed by atoms with Crippen molar-refractivity contribution in [2.75, 3.05) is 6.61 Å². The Balaban J connectivity index is 2.26. The minimum Gasteiger partial charge on any atom is -0.375 e. The van der Waals surface area contributed by atoms with Crippen molar-refractivity contribution in [3.8, 4) is 0 Å². The molecule has 0 aliphatic carbocycles. The normalized spacial score (nSPS) is 12.6. The van der Waals surface area contributed by atoms with Gasteiger partial charge in [-0.25, -0.2) is 0 Å². The summed E-state index contributed by atoms with van der Waals surface area (Å²) in [7, 11) is 0. The molecular weight excluding hydrogens is 224 g/mol. The molecule has 0 saturated carbocycles. The minimum absolute atomic E-state index is 0.545. The van der Waals surface area contributed by atoms with Crippen molar-refractivity contribution in [3.63, 3.8) is 0 Å². The maximum Gasteiger partial charge on any atom is 0.0887 e. The van der Waals surface area contributed by atoms with Crippen molar-refractivity contribution in [3.05, 3.63) is 29.6 Å². The summed E-state index contributed by atoms with van der Waals surface area (Å²) in [5.41, 5.74) is 7.58. The van der Waals surface area contributed by atoms with Crippen molar-refractivity contribution in [1.82, 2.24) is 4.98 Å². The van der Waals surface area contributed by atoms with Crippen LogP contribution in [0.5, 0.6) is 0 Å². The molecule has 1 unspecified atom stereocenters. The third-order valence-electron chi connectivity index (χ3n) is 3.27. The molecule has 3 heteroatoms. The lowest BCUT2D eigenvalue weighted by Crippen LogP contribution is -2.09. The summed E-state index contributed by atoms with van der Waals surface area (Å²) >= 11 is 0. The molecule has 1 atom stereocenters. The van der Waals surface area contributed by atoms with Crippen LogP contribution < -0.4 is 5.73 Å². The van der Waals surface area contributed by atoms with Crippen molar-refractivity contribution in [2.24, 2.45) is 11.7 Å². The summed E-state index contributed by atoms with van der Waals surface area (Å²) in [5.74, 6) is 0.688. The van der Waals surface area contributed by atoms with Crippen LogP contribution in [-0.4, -0.2) is 11.6 Å². The number of rotatable bonds is 9. The summed E-state index contributed by atoms with van der Waals surface area (Å²) < 4.78 is 5.75. The van der Waals surface area contributed by atoms with Gasteiger partial charge in [0.2, 0.25) is 0 Å². The van der Waals surface area contributed by atoms with Gasteiger partial charge in [-0.3, -0.25) is 4.98 Å². The van der Waals surface area contributed by atoms with Crippen molar-refractivity contribution in [1.29, 1.82) is 0 Å². The average Bonchev–Trinajstić information content (AvgIpc) is 2.43. The Bertz CT molecular complexity index is 311. The first-order valence-electron chi connectivity index (χ1n) is 7.01. The Morgan fingerprint density at radius 3 is 2.72 bits per heavy atom. The Hall–Kier alpha value is -0.930. The quantitative estimate of drug-likeness (QED) is 0.731. The molecule has 0 radical (unpaired) electrons. The first-order valence-corrected chi connectivity index (χ1v) is 7.01. The van der Waals surface area contributed by atoms with Crippen LogP contribution in [0.2, 0.25) is 0 Å². The fourth-order valence-electron chi connectivity index (χ4n) is 1.89. The summed E-state index contributed by atoms with van der Waals surface area (Å²) in [6, 6.07) is 4.01. The lowest BCUT2D eigenvalue weighted by molar-refractivity contribution is 0.0799. The summed E-state index contributed by atoms with van der Waals surface area (Å²) in [5, 5.41) is 0. The molecule has 1 heterocycles. The van der Waals surface area contributed by atoms with Gasteiger partial charge in [-0.2, -0.15) is 0 Å². The van der Waals surface area contributed by atoms with Crippen LogP contribution >= 0.6 is 0 Å². The van der Waals surface area contributed by atoms with Crippen LogP contribution in [0.25, 0.3) is 0 Å². The van der Waals surface area contributed by atoms with Crippen LogP contribution in [0, 0.1) is 5.92 Å². The first kappa shape index (κ1) is 15.1. The second-order valence-corrected chi connectivity index (χ2v) is 4.79. The number of unbranched alkanes of at least 4 members (excludes halogenated alkanes) is 1. The third-order valence-corrected chi connectivity index (χ3v) is 3.27. The molecule has 1 aromatic heterocycles. The van der Waals surface area contributed by atoms with E-state index in [1.807, 2.05) is 18.3 Å². The predicted octanol–water partition coefficient (Wildman–Crippen LogP) is 3.27. The fraction of sp³-hybridized carbons (Fsp3) is 0.667. The lowest BCUT2D eigenvalue weighted by Gasteiger charge is -2.14. The van der Waals surface area contributed by atoms with Gasteiger partial charge in [-0.05, 0) is 24.0 Å². The zero-order chi connectivity index (χ0) is 13.2. The van der Waals surface area contributed by atoms with Crippen LogP contribution in [-0.2, 0) is 17.9 Å². The molecule has 18 heavy (non-hydrogen) atoms. The lowest BCUT2D eigenvalue weighted by atomic mass is 10.0. The van der Waals surface area contributed by atoms with Gasteiger partial charge in [0.25, 0.3) is 0 Å². The number of pyridine rings is 1. The van der Waals surface area contributed by atoms with E-state index in [9.17, 15) is 0 Å². The highest BCUT2D eigenvalue weighted by Gasteiger charge is 2.06. The minimum atomic E-state index is 0.545. The maximum atomic E-state index is 5.75. The molecule has 0 aromatic carbocycles. The Morgan fingerprint density at radius 1 is 1.33 bits per heavy atom. The highest BCUT2D eigenvalue weighted by molar-refractivity contribution is 5.13. The number of nitrogens with zero attached hydrogens (tertiary/aromatic N) is 1. The maximum absolute atomic E-state index is 5.75. The molecule has 0 amide bonds. The molecule has 1 rings (SSSR count). The summed E-state index contributed by atoms with van der Waals surface area (Å²) in [6.07, 6.45) is 6.85. The number of aromatic nitrogens is 1. The van der Waals surface area contributed by atoms with E-state index in [-0.39, 0.29) is 0 Å². The highest BCUT2D eigenvalue weighted by Crippen LogP contribution is 2.13. The van der Waals surface area contributed by atoms with Gasteiger partial charge >= 0.3 is 0 Å². The topological polar surface area (TPSA) is 48.1 Å². The van der Waals surface area contributed by atoms with E-state index < -0.39 is 0 Å². The van der Waals surface area contributed by atoms with E-state index in [0.29, 0.717) is 19.1 Å². The monoisotopic (exact) mass is 250 g/mol. The summed E-state index contributed by atoms with van der Waals surface area (Å²) in [4.78, 5) is 4.33. The van der Waals surface area contributed by atoms with Gasteiger partial charge in [-0.1, -0.05) is 39.2 Å². The van der Waals surface area contributed by atoms with E-state index in [1.165, 1.54) is 25.7 Å². The Labute approximate surface area is 111 Å². The second kappa shape index (κ2) is 9.06. The third kappa shape index (κ3) is 5.61. The zero-order valence-electron chi connectivity index (χ0n) is 11.7. The number of hydrogen-bond acceptors (Lipinski definition) is 3. The van der Waals surface area contributed by atoms with Crippen LogP contribution in [0.3, 0.4) is 0 Å². The van der Waals surface area contributed by atoms with Crippen molar-refractivity contribution < 1.29 is 4.74 Å². The number of nitrogens with two attached hydrogens (primary N) is 1. The molecule has 2 N–H and O–H groups in total. The molecule has 0 saturated heterocycles. The molecule has 0 spiro atoms. The van der Waals surface area contributed by atoms with Crippen LogP contribution in [0.15, 0.2) is 18.3 Å². The van der Waals surface area contributed by atoms with E-state index >= 15 is 0 Å². The number of ether oxygens (including phenoxy) is 1. The molecule has 0 bridgehead atoms. The van der Waals surface area contributed by atoms with Gasteiger partial charge in [0.05, 0.1) is 12.3 Å². The van der Waals surface area contributed by atoms with E-state index in [2.05, 4.69) is 18.8 Å². The van der Waals surface area contributed by atoms with Crippen molar-refractivity contribution >= 4 is 0 Å². The SMILES string of the molecule is CCCCC(CC)COCc1ccc(CN)cn1. The highest BCUT2D eigenvalue weighted by atomic mass is 16.5. The van der Waals surface area contributed by atoms with Gasteiger partial charge < -0.3 is 10.5 Å². The van der Waals surface area contributed by atoms with Crippen LogP contribution in [0.1, 0.15) is 50.8 Å². The second-order valence-electron chi connectivity index (χ2n) is 4.79. The van der Waals surface area contributed by atoms with E-state index in [1.54, 1.807) is 0 Å². The molecule has 1 aromatic rings. The molecule has 0 fully saturated rings. The zero-order valence-corrected chi connectivity index (χ0v) is 11.7.